The molecule has 1 unspecified atom stereocenters. The molecule has 0 aliphatic carbocycles. The number of rotatable bonds is 1. The smallest absolute Gasteiger partial charge is 0.0642 e. The minimum Gasteiger partial charge on any atom is -0.328 e. The third kappa shape index (κ3) is 1.21. The molecule has 0 bridgehead atoms. The molecule has 52 valence electrons. The van der Waals surface area contributed by atoms with Crippen molar-refractivity contribution in [3.8, 4) is 0 Å². The first kappa shape index (κ1) is 6.55. The van der Waals surface area contributed by atoms with Gasteiger partial charge in [-0.1, -0.05) is 0 Å². The Balaban J connectivity index is 2.49. The molecule has 1 rings (SSSR count). The lowest BCUT2D eigenvalue weighted by molar-refractivity contribution is 0.290. The van der Waals surface area contributed by atoms with Crippen molar-refractivity contribution >= 4 is 5.71 Å². The number of likely N-dealkylation sites (N-methyl/N-ethyl adjacent to an activating group) is 1. The molecule has 0 saturated heterocycles. The lowest BCUT2D eigenvalue weighted by atomic mass is 10.2. The first-order valence-corrected chi connectivity index (χ1v) is 3.21. The average Bonchev–Trinajstić information content (AvgIpc) is 2.10. The Kier molecular flexibility index (Phi) is 1.71. The molecule has 1 heterocycles. The van der Waals surface area contributed by atoms with E-state index in [1.54, 1.807) is 0 Å². The molecule has 9 heavy (non-hydrogen) atoms. The Morgan fingerprint density at radius 3 is 2.78 bits per heavy atom. The lowest BCUT2D eigenvalue weighted by Gasteiger charge is -2.15. The van der Waals surface area contributed by atoms with Crippen molar-refractivity contribution in [3.05, 3.63) is 0 Å². The van der Waals surface area contributed by atoms with Gasteiger partial charge in [-0.2, -0.15) is 5.10 Å². The van der Waals surface area contributed by atoms with Crippen LogP contribution < -0.4 is 5.73 Å². The number of hydrogen-bond donors (Lipinski definition) is 1. The molecule has 0 aromatic rings. The average molecular weight is 127 g/mol. The largest absolute Gasteiger partial charge is 0.328 e. The predicted octanol–water partition coefficient (Wildman–Crippen LogP) is 0.0251. The molecule has 0 aromatic carbocycles. The number of hydrazone groups is 1. The summed E-state index contributed by atoms with van der Waals surface area (Å²) in [6, 6.07) is 0.449. The summed E-state index contributed by atoms with van der Waals surface area (Å²) in [6.07, 6.45) is 1.03. The summed E-state index contributed by atoms with van der Waals surface area (Å²) in [5, 5.41) is 6.15. The van der Waals surface area contributed by atoms with E-state index in [4.69, 9.17) is 5.73 Å². The maximum absolute atomic E-state index is 5.47. The van der Waals surface area contributed by atoms with Gasteiger partial charge in [0.15, 0.2) is 0 Å². The van der Waals surface area contributed by atoms with E-state index in [0.717, 1.165) is 6.42 Å². The van der Waals surface area contributed by atoms with Crippen LogP contribution in [0.3, 0.4) is 0 Å². The highest BCUT2D eigenvalue weighted by atomic mass is 15.5. The zero-order valence-corrected chi connectivity index (χ0v) is 5.96. The van der Waals surface area contributed by atoms with Gasteiger partial charge in [0.05, 0.1) is 6.04 Å². The van der Waals surface area contributed by atoms with Gasteiger partial charge < -0.3 is 5.73 Å². The van der Waals surface area contributed by atoms with Crippen LogP contribution in [0.1, 0.15) is 13.3 Å². The second-order valence-electron chi connectivity index (χ2n) is 2.50. The van der Waals surface area contributed by atoms with Crippen molar-refractivity contribution in [2.24, 2.45) is 10.8 Å². The SMILES string of the molecule is CC1=NN(C)C(CN)C1. The van der Waals surface area contributed by atoms with Crippen LogP contribution in [0.15, 0.2) is 5.10 Å². The van der Waals surface area contributed by atoms with Gasteiger partial charge in [-0.3, -0.25) is 5.01 Å². The molecule has 0 amide bonds. The van der Waals surface area contributed by atoms with Gasteiger partial charge >= 0.3 is 0 Å². The van der Waals surface area contributed by atoms with Crippen LogP contribution in [0.2, 0.25) is 0 Å². The van der Waals surface area contributed by atoms with Gasteiger partial charge in [0.25, 0.3) is 0 Å². The Hall–Kier alpha value is -0.570. The molecule has 3 nitrogen and oxygen atoms in total. The molecule has 0 fully saturated rings. The van der Waals surface area contributed by atoms with Crippen LogP contribution in [0.4, 0.5) is 0 Å². The summed E-state index contributed by atoms with van der Waals surface area (Å²) >= 11 is 0. The van der Waals surface area contributed by atoms with E-state index in [0.29, 0.717) is 12.6 Å². The zero-order chi connectivity index (χ0) is 6.85. The minimum atomic E-state index is 0.449. The van der Waals surface area contributed by atoms with Crippen LogP contribution in [0.5, 0.6) is 0 Å². The van der Waals surface area contributed by atoms with Crippen molar-refractivity contribution in [3.63, 3.8) is 0 Å². The van der Waals surface area contributed by atoms with Gasteiger partial charge in [-0.25, -0.2) is 0 Å². The number of nitrogens with two attached hydrogens (primary N) is 1. The van der Waals surface area contributed by atoms with E-state index >= 15 is 0 Å². The summed E-state index contributed by atoms with van der Waals surface area (Å²) in [5.74, 6) is 0. The molecule has 0 saturated carbocycles. The molecule has 1 aliphatic rings. The quantitative estimate of drug-likeness (QED) is 0.539. The van der Waals surface area contributed by atoms with Gasteiger partial charge in [0.2, 0.25) is 0 Å². The highest BCUT2D eigenvalue weighted by molar-refractivity contribution is 5.83. The molecule has 0 aromatic heterocycles. The van der Waals surface area contributed by atoms with Gasteiger partial charge in [-0.05, 0) is 6.92 Å². The van der Waals surface area contributed by atoms with Crippen LogP contribution in [-0.4, -0.2) is 30.4 Å². The second kappa shape index (κ2) is 2.35. The fourth-order valence-corrected chi connectivity index (χ4v) is 1.10. The maximum Gasteiger partial charge on any atom is 0.0642 e. The standard InChI is InChI=1S/C6H13N3/c1-5-3-6(4-7)9(2)8-5/h6H,3-4,7H2,1-2H3. The van der Waals surface area contributed by atoms with E-state index in [1.807, 2.05) is 19.0 Å². The van der Waals surface area contributed by atoms with Crippen LogP contribution in [0.25, 0.3) is 0 Å². The fraction of sp³-hybridized carbons (Fsp3) is 0.833. The van der Waals surface area contributed by atoms with Crippen molar-refractivity contribution in [1.82, 2.24) is 5.01 Å². The van der Waals surface area contributed by atoms with Gasteiger partial charge in [0.1, 0.15) is 0 Å². The summed E-state index contributed by atoms with van der Waals surface area (Å²) in [7, 11) is 1.97. The fourth-order valence-electron chi connectivity index (χ4n) is 1.10. The van der Waals surface area contributed by atoms with E-state index in [9.17, 15) is 0 Å². The van der Waals surface area contributed by atoms with E-state index in [1.165, 1.54) is 5.71 Å². The molecule has 1 aliphatic heterocycles. The molecule has 3 heteroatoms. The van der Waals surface area contributed by atoms with Crippen molar-refractivity contribution < 1.29 is 0 Å². The Bertz CT molecular complexity index is 130. The second-order valence-corrected chi connectivity index (χ2v) is 2.50. The first-order valence-electron chi connectivity index (χ1n) is 3.21. The van der Waals surface area contributed by atoms with E-state index < -0.39 is 0 Å². The molecular formula is C6H13N3. The predicted molar refractivity (Wildman–Crippen MR) is 38.3 cm³/mol. The topological polar surface area (TPSA) is 41.6 Å². The first-order chi connectivity index (χ1) is 4.24. The van der Waals surface area contributed by atoms with Crippen LogP contribution in [0, 0.1) is 0 Å². The third-order valence-electron chi connectivity index (χ3n) is 1.66. The minimum absolute atomic E-state index is 0.449. The molecule has 2 N–H and O–H groups in total. The summed E-state index contributed by atoms with van der Waals surface area (Å²) in [6.45, 7) is 2.74. The van der Waals surface area contributed by atoms with Gasteiger partial charge in [-0.15, -0.1) is 0 Å². The molecular weight excluding hydrogens is 114 g/mol. The van der Waals surface area contributed by atoms with Crippen molar-refractivity contribution in [2.45, 2.75) is 19.4 Å². The molecule has 0 spiro atoms. The summed E-state index contributed by atoms with van der Waals surface area (Å²) in [4.78, 5) is 0. The Morgan fingerprint density at radius 1 is 1.89 bits per heavy atom. The van der Waals surface area contributed by atoms with E-state index in [-0.39, 0.29) is 0 Å². The number of nitrogens with zero attached hydrogens (tertiary/aromatic N) is 2. The Labute approximate surface area is 55.5 Å². The van der Waals surface area contributed by atoms with Gasteiger partial charge in [0, 0.05) is 25.7 Å². The Morgan fingerprint density at radius 2 is 2.56 bits per heavy atom. The maximum atomic E-state index is 5.47. The molecule has 0 radical (unpaired) electrons. The highest BCUT2D eigenvalue weighted by Gasteiger charge is 2.18. The summed E-state index contributed by atoms with van der Waals surface area (Å²) in [5.41, 5.74) is 6.66. The van der Waals surface area contributed by atoms with Crippen molar-refractivity contribution in [1.29, 1.82) is 0 Å². The number of hydrogen-bond acceptors (Lipinski definition) is 3. The molecule has 1 atom stereocenters. The zero-order valence-electron chi connectivity index (χ0n) is 5.96. The van der Waals surface area contributed by atoms with E-state index in [2.05, 4.69) is 5.10 Å². The highest BCUT2D eigenvalue weighted by Crippen LogP contribution is 2.10. The van der Waals surface area contributed by atoms with Crippen LogP contribution >= 0.6 is 0 Å². The monoisotopic (exact) mass is 127 g/mol. The van der Waals surface area contributed by atoms with Crippen LogP contribution in [-0.2, 0) is 0 Å². The summed E-state index contributed by atoms with van der Waals surface area (Å²) < 4.78 is 0. The normalized spacial score (nSPS) is 26.8. The third-order valence-corrected chi connectivity index (χ3v) is 1.66. The lowest BCUT2D eigenvalue weighted by Crippen LogP contribution is -2.30. The van der Waals surface area contributed by atoms with Crippen molar-refractivity contribution in [2.75, 3.05) is 13.6 Å².